The molecule has 94 valence electrons. The maximum absolute atomic E-state index is 4.48. The zero-order valence-electron chi connectivity index (χ0n) is 11.0. The van der Waals surface area contributed by atoms with Gasteiger partial charge in [0.2, 0.25) is 0 Å². The monoisotopic (exact) mass is 233 g/mol. The molecule has 2 heterocycles. The van der Waals surface area contributed by atoms with Gasteiger partial charge in [-0.25, -0.2) is 0 Å². The minimum absolute atomic E-state index is 0.538. The van der Waals surface area contributed by atoms with Crippen molar-refractivity contribution in [3.63, 3.8) is 0 Å². The summed E-state index contributed by atoms with van der Waals surface area (Å²) in [5.41, 5.74) is 3.10. The molecule has 0 bridgehead atoms. The van der Waals surface area contributed by atoms with Gasteiger partial charge in [0.15, 0.2) is 0 Å². The molecule has 2 fully saturated rings. The minimum atomic E-state index is 0.538. The third-order valence-electron chi connectivity index (χ3n) is 4.81. The van der Waals surface area contributed by atoms with Crippen LogP contribution < -0.4 is 5.32 Å². The summed E-state index contributed by atoms with van der Waals surface area (Å²) < 4.78 is 2.07. The van der Waals surface area contributed by atoms with Gasteiger partial charge < -0.3 is 5.32 Å². The molecule has 1 aliphatic carbocycles. The Kier molecular flexibility index (Phi) is 2.74. The first-order valence-electron chi connectivity index (χ1n) is 6.90. The van der Waals surface area contributed by atoms with Crippen LogP contribution in [0.25, 0.3) is 0 Å². The number of nitrogens with one attached hydrogen (secondary N) is 1. The Morgan fingerprint density at radius 3 is 2.59 bits per heavy atom. The molecule has 0 spiro atoms. The van der Waals surface area contributed by atoms with Gasteiger partial charge in [0, 0.05) is 31.2 Å². The quantitative estimate of drug-likeness (QED) is 0.866. The molecular weight excluding hydrogens is 210 g/mol. The highest BCUT2D eigenvalue weighted by atomic mass is 15.3. The molecule has 3 heteroatoms. The van der Waals surface area contributed by atoms with Crippen LogP contribution in [0.4, 0.5) is 0 Å². The largest absolute Gasteiger partial charge is 0.315 e. The van der Waals surface area contributed by atoms with Crippen LogP contribution in [-0.4, -0.2) is 22.9 Å². The van der Waals surface area contributed by atoms with E-state index in [2.05, 4.69) is 35.1 Å². The summed E-state index contributed by atoms with van der Waals surface area (Å²) >= 11 is 0. The van der Waals surface area contributed by atoms with Gasteiger partial charge in [-0.1, -0.05) is 12.8 Å². The van der Waals surface area contributed by atoms with Gasteiger partial charge in [-0.3, -0.25) is 4.68 Å². The average Bonchev–Trinajstić information content (AvgIpc) is 2.82. The highest BCUT2D eigenvalue weighted by Crippen LogP contribution is 2.44. The first kappa shape index (κ1) is 11.3. The summed E-state index contributed by atoms with van der Waals surface area (Å²) in [6.45, 7) is 4.51. The predicted octanol–water partition coefficient (Wildman–Crippen LogP) is 2.05. The molecule has 1 aromatic heterocycles. The van der Waals surface area contributed by atoms with E-state index in [-0.39, 0.29) is 0 Å². The Hall–Kier alpha value is -0.830. The lowest BCUT2D eigenvalue weighted by molar-refractivity contribution is 0.0788. The Balaban J connectivity index is 1.79. The number of hydrogen-bond acceptors (Lipinski definition) is 2. The number of aromatic nitrogens is 2. The van der Waals surface area contributed by atoms with E-state index in [1.54, 1.807) is 0 Å². The van der Waals surface area contributed by atoms with Crippen molar-refractivity contribution >= 4 is 0 Å². The fraction of sp³-hybridized carbons (Fsp3) is 0.786. The van der Waals surface area contributed by atoms with E-state index < -0.39 is 0 Å². The molecule has 0 amide bonds. The summed E-state index contributed by atoms with van der Waals surface area (Å²) in [6.07, 6.45) is 6.98. The van der Waals surface area contributed by atoms with Gasteiger partial charge in [0.25, 0.3) is 0 Å². The van der Waals surface area contributed by atoms with Crippen molar-refractivity contribution in [2.75, 3.05) is 13.1 Å². The van der Waals surface area contributed by atoms with Gasteiger partial charge >= 0.3 is 0 Å². The highest BCUT2D eigenvalue weighted by molar-refractivity contribution is 5.14. The number of rotatable bonds is 3. The van der Waals surface area contributed by atoms with E-state index in [1.165, 1.54) is 50.9 Å². The van der Waals surface area contributed by atoms with E-state index in [0.717, 1.165) is 11.6 Å². The Bertz CT molecular complexity index is 398. The van der Waals surface area contributed by atoms with Crippen LogP contribution >= 0.6 is 0 Å². The average molecular weight is 233 g/mol. The molecule has 0 radical (unpaired) electrons. The van der Waals surface area contributed by atoms with Gasteiger partial charge in [-0.15, -0.1) is 0 Å². The summed E-state index contributed by atoms with van der Waals surface area (Å²) in [5, 5.41) is 7.97. The van der Waals surface area contributed by atoms with E-state index >= 15 is 0 Å². The molecular formula is C14H23N3. The smallest absolute Gasteiger partial charge is 0.0596 e. The Morgan fingerprint density at radius 1 is 1.41 bits per heavy atom. The van der Waals surface area contributed by atoms with Gasteiger partial charge in [-0.05, 0) is 38.2 Å². The predicted molar refractivity (Wildman–Crippen MR) is 68.9 cm³/mol. The zero-order chi connectivity index (χ0) is 11.9. The fourth-order valence-electron chi connectivity index (χ4n) is 3.73. The fourth-order valence-corrected chi connectivity index (χ4v) is 3.73. The zero-order valence-corrected chi connectivity index (χ0v) is 11.0. The number of hydrogen-bond donors (Lipinski definition) is 1. The van der Waals surface area contributed by atoms with Crippen molar-refractivity contribution < 1.29 is 0 Å². The van der Waals surface area contributed by atoms with Crippen molar-refractivity contribution in [1.29, 1.82) is 0 Å². The first-order valence-corrected chi connectivity index (χ1v) is 6.90. The molecule has 17 heavy (non-hydrogen) atoms. The summed E-state index contributed by atoms with van der Waals surface area (Å²) in [4.78, 5) is 0. The molecule has 1 saturated carbocycles. The molecule has 0 aromatic carbocycles. The molecule has 0 unspecified atom stereocenters. The number of aryl methyl sites for hydroxylation is 2. The van der Waals surface area contributed by atoms with Crippen LogP contribution in [0.3, 0.4) is 0 Å². The topological polar surface area (TPSA) is 29.9 Å². The van der Waals surface area contributed by atoms with Crippen molar-refractivity contribution in [1.82, 2.24) is 15.1 Å². The minimum Gasteiger partial charge on any atom is -0.315 e. The molecule has 1 aliphatic heterocycles. The third kappa shape index (κ3) is 1.90. The van der Waals surface area contributed by atoms with Crippen LogP contribution in [-0.2, 0) is 13.5 Å². The van der Waals surface area contributed by atoms with Gasteiger partial charge in [-0.2, -0.15) is 5.10 Å². The summed E-state index contributed by atoms with van der Waals surface area (Å²) in [5.74, 6) is 0.943. The first-order chi connectivity index (χ1) is 8.20. The standard InChI is InChI=1S/C14H23N3/c1-11-7-13(17(2)16-11)8-14(9-15-10-14)12-5-3-4-6-12/h7,12,15H,3-6,8-10H2,1-2H3. The van der Waals surface area contributed by atoms with Crippen molar-refractivity contribution in [2.45, 2.75) is 39.0 Å². The van der Waals surface area contributed by atoms with Crippen LogP contribution in [0.1, 0.15) is 37.1 Å². The molecule has 3 nitrogen and oxygen atoms in total. The summed E-state index contributed by atoms with van der Waals surface area (Å²) in [7, 11) is 2.08. The second-order valence-electron chi connectivity index (χ2n) is 6.02. The molecule has 3 rings (SSSR count). The van der Waals surface area contributed by atoms with Crippen molar-refractivity contribution in [3.05, 3.63) is 17.5 Å². The van der Waals surface area contributed by atoms with E-state index in [9.17, 15) is 0 Å². The Labute approximate surface area is 104 Å². The van der Waals surface area contributed by atoms with Crippen LogP contribution in [0, 0.1) is 18.3 Å². The van der Waals surface area contributed by atoms with Crippen LogP contribution in [0.15, 0.2) is 6.07 Å². The third-order valence-corrected chi connectivity index (χ3v) is 4.81. The van der Waals surface area contributed by atoms with E-state index in [0.29, 0.717) is 5.41 Å². The molecule has 1 aromatic rings. The SMILES string of the molecule is Cc1cc(CC2(C3CCCC3)CNC2)n(C)n1. The normalized spacial score (nSPS) is 23.9. The second-order valence-corrected chi connectivity index (χ2v) is 6.02. The maximum atomic E-state index is 4.48. The van der Waals surface area contributed by atoms with E-state index in [1.807, 2.05) is 0 Å². The van der Waals surface area contributed by atoms with Gasteiger partial charge in [0.05, 0.1) is 5.69 Å². The lowest BCUT2D eigenvalue weighted by Gasteiger charge is -2.47. The number of nitrogens with zero attached hydrogens (tertiary/aromatic N) is 2. The maximum Gasteiger partial charge on any atom is 0.0596 e. The van der Waals surface area contributed by atoms with Crippen LogP contribution in [0.2, 0.25) is 0 Å². The van der Waals surface area contributed by atoms with Crippen LogP contribution in [0.5, 0.6) is 0 Å². The highest BCUT2D eigenvalue weighted by Gasteiger charge is 2.45. The van der Waals surface area contributed by atoms with E-state index in [4.69, 9.17) is 0 Å². The van der Waals surface area contributed by atoms with Gasteiger partial charge in [0.1, 0.15) is 0 Å². The Morgan fingerprint density at radius 2 is 2.12 bits per heavy atom. The molecule has 0 atom stereocenters. The van der Waals surface area contributed by atoms with Crippen molar-refractivity contribution in [2.24, 2.45) is 18.4 Å². The molecule has 1 saturated heterocycles. The lowest BCUT2D eigenvalue weighted by atomic mass is 9.67. The second kappa shape index (κ2) is 4.13. The van der Waals surface area contributed by atoms with Crippen molar-refractivity contribution in [3.8, 4) is 0 Å². The molecule has 1 N–H and O–H groups in total. The lowest BCUT2D eigenvalue weighted by Crippen LogP contribution is -2.58. The molecule has 2 aliphatic rings. The summed E-state index contributed by atoms with van der Waals surface area (Å²) in [6, 6.07) is 2.26.